The number of ether oxygens (including phenoxy) is 1. The molecule has 1 saturated carbocycles. The monoisotopic (exact) mass is 245 g/mol. The summed E-state index contributed by atoms with van der Waals surface area (Å²) in [5.41, 5.74) is -0.208. The fourth-order valence-corrected chi connectivity index (χ4v) is 2.34. The van der Waals surface area contributed by atoms with Gasteiger partial charge in [-0.05, 0) is 43.7 Å². The van der Waals surface area contributed by atoms with Crippen molar-refractivity contribution in [1.29, 1.82) is 5.26 Å². The lowest BCUT2D eigenvalue weighted by Gasteiger charge is -2.34. The second kappa shape index (κ2) is 5.41. The molecule has 1 aliphatic carbocycles. The van der Waals surface area contributed by atoms with Crippen molar-refractivity contribution < 1.29 is 9.84 Å². The molecule has 1 aliphatic rings. The minimum absolute atomic E-state index is 0.276. The van der Waals surface area contributed by atoms with Crippen molar-refractivity contribution in [2.75, 3.05) is 6.61 Å². The zero-order valence-corrected chi connectivity index (χ0v) is 10.7. The minimum atomic E-state index is -0.727. The summed E-state index contributed by atoms with van der Waals surface area (Å²) >= 11 is 0. The van der Waals surface area contributed by atoms with Gasteiger partial charge in [-0.1, -0.05) is 19.1 Å². The Kier molecular flexibility index (Phi) is 3.88. The van der Waals surface area contributed by atoms with Gasteiger partial charge in [0.2, 0.25) is 0 Å². The molecular formula is C15H19NO2. The molecule has 0 radical (unpaired) electrons. The quantitative estimate of drug-likeness (QED) is 0.890. The molecule has 1 aromatic carbocycles. The standard InChI is InChI=1S/C15H19NO2/c1-12-6-8-15(17,9-7-12)11-18-14-5-3-2-4-13(14)10-16/h2-5,12,17H,6-9,11H2,1H3. The molecule has 1 aromatic rings. The van der Waals surface area contributed by atoms with E-state index in [0.29, 0.717) is 17.2 Å². The second-order valence-corrected chi connectivity index (χ2v) is 5.30. The number of nitriles is 1. The average molecular weight is 245 g/mol. The molecular weight excluding hydrogens is 226 g/mol. The molecule has 0 aromatic heterocycles. The van der Waals surface area contributed by atoms with Gasteiger partial charge in [-0.3, -0.25) is 0 Å². The number of para-hydroxylation sites is 1. The van der Waals surface area contributed by atoms with Crippen molar-refractivity contribution in [3.8, 4) is 11.8 Å². The summed E-state index contributed by atoms with van der Waals surface area (Å²) in [5.74, 6) is 1.25. The normalized spacial score (nSPS) is 27.5. The highest BCUT2D eigenvalue weighted by molar-refractivity contribution is 5.42. The lowest BCUT2D eigenvalue weighted by atomic mass is 9.80. The predicted octanol–water partition coefficient (Wildman–Crippen LogP) is 2.88. The molecule has 1 fully saturated rings. The highest BCUT2D eigenvalue weighted by Crippen LogP contribution is 2.32. The predicted molar refractivity (Wildman–Crippen MR) is 69.2 cm³/mol. The Hall–Kier alpha value is -1.53. The van der Waals surface area contributed by atoms with E-state index in [0.717, 1.165) is 25.7 Å². The van der Waals surface area contributed by atoms with E-state index < -0.39 is 5.60 Å². The van der Waals surface area contributed by atoms with Crippen LogP contribution in [0.15, 0.2) is 24.3 Å². The molecule has 0 atom stereocenters. The molecule has 0 bridgehead atoms. The van der Waals surface area contributed by atoms with Gasteiger partial charge in [0, 0.05) is 0 Å². The first-order chi connectivity index (χ1) is 8.63. The Balaban J connectivity index is 1.97. The van der Waals surface area contributed by atoms with Crippen LogP contribution in [0.4, 0.5) is 0 Å². The Morgan fingerprint density at radius 1 is 1.39 bits per heavy atom. The van der Waals surface area contributed by atoms with Crippen molar-refractivity contribution in [2.45, 2.75) is 38.2 Å². The van der Waals surface area contributed by atoms with E-state index in [-0.39, 0.29) is 6.61 Å². The van der Waals surface area contributed by atoms with Crippen LogP contribution in [0.3, 0.4) is 0 Å². The van der Waals surface area contributed by atoms with Crippen molar-refractivity contribution >= 4 is 0 Å². The summed E-state index contributed by atoms with van der Waals surface area (Å²) in [6, 6.07) is 9.24. The number of aliphatic hydroxyl groups is 1. The van der Waals surface area contributed by atoms with Gasteiger partial charge in [0.1, 0.15) is 18.4 Å². The molecule has 96 valence electrons. The lowest BCUT2D eigenvalue weighted by Crippen LogP contribution is -2.39. The van der Waals surface area contributed by atoms with Crippen molar-refractivity contribution in [2.24, 2.45) is 5.92 Å². The molecule has 0 heterocycles. The van der Waals surface area contributed by atoms with Crippen molar-refractivity contribution in [1.82, 2.24) is 0 Å². The van der Waals surface area contributed by atoms with E-state index in [1.54, 1.807) is 12.1 Å². The zero-order valence-electron chi connectivity index (χ0n) is 10.7. The van der Waals surface area contributed by atoms with E-state index in [2.05, 4.69) is 13.0 Å². The molecule has 3 nitrogen and oxygen atoms in total. The van der Waals surface area contributed by atoms with Crippen LogP contribution in [-0.2, 0) is 0 Å². The first-order valence-electron chi connectivity index (χ1n) is 6.47. The van der Waals surface area contributed by atoms with E-state index in [1.807, 2.05) is 12.1 Å². The van der Waals surface area contributed by atoms with Gasteiger partial charge in [0.25, 0.3) is 0 Å². The third kappa shape index (κ3) is 3.02. The second-order valence-electron chi connectivity index (χ2n) is 5.30. The van der Waals surface area contributed by atoms with E-state index in [9.17, 15) is 5.11 Å². The maximum Gasteiger partial charge on any atom is 0.137 e. The molecule has 0 amide bonds. The van der Waals surface area contributed by atoms with Gasteiger partial charge in [0.15, 0.2) is 0 Å². The largest absolute Gasteiger partial charge is 0.489 e. The van der Waals surface area contributed by atoms with Gasteiger partial charge >= 0.3 is 0 Å². The molecule has 0 aliphatic heterocycles. The molecule has 0 unspecified atom stereocenters. The van der Waals surface area contributed by atoms with E-state index in [1.165, 1.54) is 0 Å². The Morgan fingerprint density at radius 2 is 2.06 bits per heavy atom. The zero-order chi connectivity index (χ0) is 13.0. The Morgan fingerprint density at radius 3 is 2.72 bits per heavy atom. The summed E-state index contributed by atoms with van der Waals surface area (Å²) in [4.78, 5) is 0. The van der Waals surface area contributed by atoms with Crippen molar-refractivity contribution in [3.63, 3.8) is 0 Å². The van der Waals surface area contributed by atoms with Gasteiger partial charge in [-0.25, -0.2) is 0 Å². The van der Waals surface area contributed by atoms with Gasteiger partial charge < -0.3 is 9.84 Å². The number of nitrogens with zero attached hydrogens (tertiary/aromatic N) is 1. The maximum absolute atomic E-state index is 10.4. The SMILES string of the molecule is CC1CCC(O)(COc2ccccc2C#N)CC1. The topological polar surface area (TPSA) is 53.2 Å². The molecule has 0 spiro atoms. The number of hydrogen-bond donors (Lipinski definition) is 1. The molecule has 0 saturated heterocycles. The van der Waals surface area contributed by atoms with Crippen molar-refractivity contribution in [3.05, 3.63) is 29.8 Å². The third-order valence-electron chi connectivity index (χ3n) is 3.71. The smallest absolute Gasteiger partial charge is 0.137 e. The summed E-state index contributed by atoms with van der Waals surface area (Å²) in [6.45, 7) is 2.49. The minimum Gasteiger partial charge on any atom is -0.489 e. The van der Waals surface area contributed by atoms with Crippen LogP contribution >= 0.6 is 0 Å². The number of rotatable bonds is 3. The first-order valence-corrected chi connectivity index (χ1v) is 6.47. The van der Waals surface area contributed by atoms with Crippen LogP contribution in [0.2, 0.25) is 0 Å². The summed E-state index contributed by atoms with van der Waals surface area (Å²) in [6.07, 6.45) is 3.64. The number of hydrogen-bond acceptors (Lipinski definition) is 3. The molecule has 1 N–H and O–H groups in total. The van der Waals surface area contributed by atoms with Gasteiger partial charge in [-0.15, -0.1) is 0 Å². The first kappa shape index (κ1) is 12.9. The van der Waals surface area contributed by atoms with Crippen LogP contribution in [0.1, 0.15) is 38.2 Å². The van der Waals surface area contributed by atoms with Crippen LogP contribution in [0.25, 0.3) is 0 Å². The highest BCUT2D eigenvalue weighted by atomic mass is 16.5. The highest BCUT2D eigenvalue weighted by Gasteiger charge is 2.32. The Bertz CT molecular complexity index is 442. The van der Waals surface area contributed by atoms with Crippen LogP contribution in [0, 0.1) is 17.2 Å². The van der Waals surface area contributed by atoms with Crippen LogP contribution in [-0.4, -0.2) is 17.3 Å². The average Bonchev–Trinajstić information content (AvgIpc) is 2.41. The molecule has 3 heteroatoms. The Labute approximate surface area is 108 Å². The fourth-order valence-electron chi connectivity index (χ4n) is 2.34. The summed E-state index contributed by atoms with van der Waals surface area (Å²) in [5, 5.41) is 19.4. The fraction of sp³-hybridized carbons (Fsp3) is 0.533. The molecule has 2 rings (SSSR count). The van der Waals surface area contributed by atoms with E-state index >= 15 is 0 Å². The van der Waals surface area contributed by atoms with E-state index in [4.69, 9.17) is 10.00 Å². The van der Waals surface area contributed by atoms with Crippen LogP contribution < -0.4 is 4.74 Å². The lowest BCUT2D eigenvalue weighted by molar-refractivity contribution is -0.0425. The maximum atomic E-state index is 10.4. The van der Waals surface area contributed by atoms with Gasteiger partial charge in [0.05, 0.1) is 11.2 Å². The molecule has 18 heavy (non-hydrogen) atoms. The van der Waals surface area contributed by atoms with Gasteiger partial charge in [-0.2, -0.15) is 5.26 Å². The van der Waals surface area contributed by atoms with Crippen LogP contribution in [0.5, 0.6) is 5.75 Å². The third-order valence-corrected chi connectivity index (χ3v) is 3.71. The number of benzene rings is 1. The summed E-state index contributed by atoms with van der Waals surface area (Å²) in [7, 11) is 0. The summed E-state index contributed by atoms with van der Waals surface area (Å²) < 4.78 is 5.63.